The fourth-order valence-electron chi connectivity index (χ4n) is 4.42. The summed E-state index contributed by atoms with van der Waals surface area (Å²) in [7, 11) is 0. The summed E-state index contributed by atoms with van der Waals surface area (Å²) in [5, 5.41) is 4.23. The van der Waals surface area contributed by atoms with Gasteiger partial charge >= 0.3 is 0 Å². The van der Waals surface area contributed by atoms with Gasteiger partial charge in [-0.25, -0.2) is 9.97 Å². The van der Waals surface area contributed by atoms with Crippen LogP contribution in [0.15, 0.2) is 30.7 Å². The molecule has 1 spiro atoms. The number of ether oxygens (including phenoxy) is 1. The molecule has 30 heavy (non-hydrogen) atoms. The van der Waals surface area contributed by atoms with E-state index < -0.39 is 0 Å². The van der Waals surface area contributed by atoms with Gasteiger partial charge in [0.1, 0.15) is 11.5 Å². The fourth-order valence-corrected chi connectivity index (χ4v) is 5.61. The van der Waals surface area contributed by atoms with Crippen molar-refractivity contribution in [1.29, 1.82) is 0 Å². The predicted molar refractivity (Wildman–Crippen MR) is 114 cm³/mol. The van der Waals surface area contributed by atoms with Crippen LogP contribution in [-0.2, 0) is 23.3 Å². The van der Waals surface area contributed by atoms with Gasteiger partial charge in [0.15, 0.2) is 0 Å². The van der Waals surface area contributed by atoms with Crippen molar-refractivity contribution in [2.45, 2.75) is 38.3 Å². The third kappa shape index (κ3) is 3.18. The molecule has 3 aromatic heterocycles. The van der Waals surface area contributed by atoms with Crippen molar-refractivity contribution in [3.63, 3.8) is 0 Å². The number of likely N-dealkylation sites (tertiary alicyclic amines) is 1. The van der Waals surface area contributed by atoms with Crippen molar-refractivity contribution in [2.24, 2.45) is 0 Å². The van der Waals surface area contributed by atoms with Crippen LogP contribution in [0.4, 0.5) is 5.82 Å². The number of hydrogen-bond donors (Lipinski definition) is 1. The van der Waals surface area contributed by atoms with Crippen LogP contribution in [0.2, 0.25) is 0 Å². The Labute approximate surface area is 178 Å². The average Bonchev–Trinajstić information content (AvgIpc) is 3.42. The topological polar surface area (TPSA) is 99.2 Å². The second-order valence-electron chi connectivity index (χ2n) is 7.69. The maximum absolute atomic E-state index is 13.0. The molecule has 0 unspecified atom stereocenters. The Balaban J connectivity index is 1.37. The van der Waals surface area contributed by atoms with E-state index >= 15 is 0 Å². The SMILES string of the molecule is CCn1nccc1C(=O)N1CCC2(CC1)OCCc1sc(-c3cnc(N)cn3)cc12. The van der Waals surface area contributed by atoms with Gasteiger partial charge in [0, 0.05) is 37.1 Å². The minimum absolute atomic E-state index is 0.0448. The molecular formula is C21H24N6O2S. The Hall–Kier alpha value is -2.78. The maximum atomic E-state index is 13.0. The highest BCUT2D eigenvalue weighted by Gasteiger charge is 2.43. The van der Waals surface area contributed by atoms with Gasteiger partial charge < -0.3 is 15.4 Å². The van der Waals surface area contributed by atoms with Gasteiger partial charge in [-0.2, -0.15) is 5.10 Å². The number of anilines is 1. The van der Waals surface area contributed by atoms with Crippen LogP contribution in [-0.4, -0.2) is 50.3 Å². The van der Waals surface area contributed by atoms with Crippen LogP contribution in [0.3, 0.4) is 0 Å². The van der Waals surface area contributed by atoms with Gasteiger partial charge in [-0.05, 0) is 37.5 Å². The van der Waals surface area contributed by atoms with Crippen molar-refractivity contribution in [3.05, 3.63) is 46.9 Å². The van der Waals surface area contributed by atoms with E-state index in [1.54, 1.807) is 40.7 Å². The number of amides is 1. The fraction of sp³-hybridized carbons (Fsp3) is 0.429. The van der Waals surface area contributed by atoms with Crippen LogP contribution in [0.25, 0.3) is 10.6 Å². The second kappa shape index (κ2) is 7.48. The first-order valence-corrected chi connectivity index (χ1v) is 11.1. The van der Waals surface area contributed by atoms with Crippen LogP contribution in [0, 0.1) is 0 Å². The van der Waals surface area contributed by atoms with Crippen molar-refractivity contribution in [1.82, 2.24) is 24.6 Å². The maximum Gasteiger partial charge on any atom is 0.272 e. The summed E-state index contributed by atoms with van der Waals surface area (Å²) in [5.41, 5.74) is 8.08. The summed E-state index contributed by atoms with van der Waals surface area (Å²) < 4.78 is 8.11. The predicted octanol–water partition coefficient (Wildman–Crippen LogP) is 2.71. The van der Waals surface area contributed by atoms with E-state index in [0.717, 1.165) is 29.8 Å². The lowest BCUT2D eigenvalue weighted by Gasteiger charge is -2.44. The number of aromatic nitrogens is 4. The number of fused-ring (bicyclic) bond motifs is 2. The molecule has 1 fully saturated rings. The summed E-state index contributed by atoms with van der Waals surface area (Å²) >= 11 is 1.76. The Morgan fingerprint density at radius 2 is 2.13 bits per heavy atom. The van der Waals surface area contributed by atoms with Crippen LogP contribution in [0.5, 0.6) is 0 Å². The van der Waals surface area contributed by atoms with Crippen molar-refractivity contribution >= 4 is 23.1 Å². The number of piperidine rings is 1. The first-order valence-electron chi connectivity index (χ1n) is 10.3. The van der Waals surface area contributed by atoms with Gasteiger partial charge in [0.2, 0.25) is 0 Å². The summed E-state index contributed by atoms with van der Waals surface area (Å²) in [4.78, 5) is 25.9. The zero-order valence-electron chi connectivity index (χ0n) is 16.9. The highest BCUT2D eigenvalue weighted by atomic mass is 32.1. The van der Waals surface area contributed by atoms with E-state index in [0.29, 0.717) is 37.8 Å². The van der Waals surface area contributed by atoms with Crippen LogP contribution >= 0.6 is 11.3 Å². The molecule has 0 aliphatic carbocycles. The molecule has 3 aromatic rings. The minimum Gasteiger partial charge on any atom is -0.382 e. The summed E-state index contributed by atoms with van der Waals surface area (Å²) in [6.45, 7) is 4.72. The normalized spacial score (nSPS) is 17.8. The molecule has 0 saturated carbocycles. The third-order valence-electron chi connectivity index (χ3n) is 6.03. The van der Waals surface area contributed by atoms with Gasteiger partial charge in [-0.1, -0.05) is 0 Å². The van der Waals surface area contributed by atoms with Gasteiger partial charge in [-0.3, -0.25) is 9.48 Å². The monoisotopic (exact) mass is 424 g/mol. The highest BCUT2D eigenvalue weighted by molar-refractivity contribution is 7.15. The molecular weight excluding hydrogens is 400 g/mol. The van der Waals surface area contributed by atoms with Gasteiger partial charge in [-0.15, -0.1) is 11.3 Å². The molecule has 0 atom stereocenters. The number of thiophene rings is 1. The Kier molecular flexibility index (Phi) is 4.79. The van der Waals surface area contributed by atoms with Crippen molar-refractivity contribution in [2.75, 3.05) is 25.4 Å². The van der Waals surface area contributed by atoms with Crippen molar-refractivity contribution in [3.8, 4) is 10.6 Å². The quantitative estimate of drug-likeness (QED) is 0.694. The molecule has 0 bridgehead atoms. The van der Waals surface area contributed by atoms with E-state index in [9.17, 15) is 4.79 Å². The van der Waals surface area contributed by atoms with Gasteiger partial charge in [0.05, 0.1) is 35.2 Å². The van der Waals surface area contributed by atoms with Crippen LogP contribution in [0.1, 0.15) is 40.7 Å². The third-order valence-corrected chi connectivity index (χ3v) is 7.24. The Bertz CT molecular complexity index is 1070. The summed E-state index contributed by atoms with van der Waals surface area (Å²) in [5.74, 6) is 0.463. The largest absolute Gasteiger partial charge is 0.382 e. The number of carbonyl (C=O) groups is 1. The molecule has 156 valence electrons. The summed E-state index contributed by atoms with van der Waals surface area (Å²) in [6, 6.07) is 3.99. The minimum atomic E-state index is -0.328. The number of hydrogen-bond acceptors (Lipinski definition) is 7. The first-order chi connectivity index (χ1) is 14.6. The average molecular weight is 425 g/mol. The van der Waals surface area contributed by atoms with E-state index in [4.69, 9.17) is 10.5 Å². The molecule has 8 nitrogen and oxygen atoms in total. The lowest BCUT2D eigenvalue weighted by molar-refractivity contribution is -0.0927. The van der Waals surface area contributed by atoms with E-state index in [2.05, 4.69) is 21.1 Å². The number of rotatable bonds is 3. The first kappa shape index (κ1) is 19.2. The number of nitrogen functional groups attached to an aromatic ring is 1. The molecule has 2 aliphatic rings. The Morgan fingerprint density at radius 3 is 2.87 bits per heavy atom. The smallest absolute Gasteiger partial charge is 0.272 e. The highest BCUT2D eigenvalue weighted by Crippen LogP contribution is 2.46. The van der Waals surface area contributed by atoms with Gasteiger partial charge in [0.25, 0.3) is 5.91 Å². The lowest BCUT2D eigenvalue weighted by atomic mass is 9.82. The second-order valence-corrected chi connectivity index (χ2v) is 8.83. The molecule has 5 heterocycles. The lowest BCUT2D eigenvalue weighted by Crippen LogP contribution is -2.48. The molecule has 0 aromatic carbocycles. The molecule has 9 heteroatoms. The zero-order valence-corrected chi connectivity index (χ0v) is 17.7. The molecule has 1 saturated heterocycles. The molecule has 5 rings (SSSR count). The Morgan fingerprint density at radius 1 is 1.30 bits per heavy atom. The number of nitrogens with zero attached hydrogens (tertiary/aromatic N) is 5. The summed E-state index contributed by atoms with van der Waals surface area (Å²) in [6.07, 6.45) is 7.48. The standard InChI is InChI=1S/C21H24N6O2S/c1-2-27-16(3-7-25-27)20(28)26-8-5-21(6-9-26)14-11-18(30-17(14)4-10-29-21)15-12-24-19(22)13-23-15/h3,7,11-13H,2,4-6,8-10H2,1H3,(H2,22,24). The van der Waals surface area contributed by atoms with E-state index in [-0.39, 0.29) is 11.5 Å². The molecule has 2 aliphatic heterocycles. The number of carbonyl (C=O) groups excluding carboxylic acids is 1. The number of nitrogens with two attached hydrogens (primary N) is 1. The zero-order chi connectivity index (χ0) is 20.7. The molecule has 1 amide bonds. The molecule has 0 radical (unpaired) electrons. The van der Waals surface area contributed by atoms with Crippen LogP contribution < -0.4 is 5.73 Å². The van der Waals surface area contributed by atoms with E-state index in [1.807, 2.05) is 11.8 Å². The van der Waals surface area contributed by atoms with E-state index in [1.165, 1.54) is 10.4 Å². The molecule has 2 N–H and O–H groups in total. The number of aryl methyl sites for hydroxylation is 1. The van der Waals surface area contributed by atoms with Crippen molar-refractivity contribution < 1.29 is 9.53 Å².